The van der Waals surface area contributed by atoms with Crippen molar-refractivity contribution >= 4 is 40.0 Å². The minimum atomic E-state index is -1.86. The molecule has 0 radical (unpaired) electrons. The Balaban J connectivity index is 2.41. The molecule has 0 aliphatic rings. The second-order valence-electron chi connectivity index (χ2n) is 3.42. The predicted molar refractivity (Wildman–Crippen MR) is 71.2 cm³/mol. The average molecular weight is 254 g/mol. The van der Waals surface area contributed by atoms with Crippen molar-refractivity contribution in [1.82, 2.24) is 0 Å². The summed E-state index contributed by atoms with van der Waals surface area (Å²) in [6.45, 7) is 5.15. The lowest BCUT2D eigenvalue weighted by Crippen LogP contribution is -2.56. The third-order valence-electron chi connectivity index (χ3n) is 2.42. The molecule has 0 aliphatic heterocycles. The normalized spacial score (nSPS) is 11.9. The first-order chi connectivity index (χ1) is 7.27. The molecule has 0 atom stereocenters. The van der Waals surface area contributed by atoms with Crippen LogP contribution in [0.4, 0.5) is 0 Å². The van der Waals surface area contributed by atoms with Crippen molar-refractivity contribution in [3.63, 3.8) is 0 Å². The van der Waals surface area contributed by atoms with E-state index in [-0.39, 0.29) is 0 Å². The molecule has 0 bridgehead atoms. The van der Waals surface area contributed by atoms with E-state index < -0.39 is 8.32 Å². The molecule has 0 aromatic carbocycles. The van der Waals surface area contributed by atoms with Gasteiger partial charge in [-0.1, -0.05) is 12.1 Å². The molecule has 0 unspecified atom stereocenters. The molecule has 2 rings (SSSR count). The van der Waals surface area contributed by atoms with E-state index in [0.29, 0.717) is 0 Å². The van der Waals surface area contributed by atoms with Gasteiger partial charge in [0.05, 0.1) is 0 Å². The lowest BCUT2D eigenvalue weighted by molar-refractivity contribution is 0.344. The van der Waals surface area contributed by atoms with Crippen molar-refractivity contribution in [3.05, 3.63) is 35.0 Å². The van der Waals surface area contributed by atoms with Gasteiger partial charge >= 0.3 is 0 Å². The largest absolute Gasteiger partial charge is 0.407 e. The van der Waals surface area contributed by atoms with E-state index >= 15 is 0 Å². The summed E-state index contributed by atoms with van der Waals surface area (Å²) in [5, 5.41) is 4.26. The number of rotatable bonds is 4. The first kappa shape index (κ1) is 11.1. The average Bonchev–Trinajstić information content (AvgIpc) is 2.92. The van der Waals surface area contributed by atoms with Crippen molar-refractivity contribution in [3.8, 4) is 0 Å². The zero-order valence-corrected chi connectivity index (χ0v) is 11.5. The van der Waals surface area contributed by atoms with Crippen LogP contribution in [-0.2, 0) is 4.43 Å². The van der Waals surface area contributed by atoms with E-state index in [1.54, 1.807) is 0 Å². The molecule has 0 N–H and O–H groups in total. The minimum absolute atomic E-state index is 0.790. The Hall–Kier alpha value is -0.423. The van der Waals surface area contributed by atoms with Gasteiger partial charge in [0.1, 0.15) is 0 Å². The van der Waals surface area contributed by atoms with Crippen LogP contribution in [0.3, 0.4) is 0 Å². The van der Waals surface area contributed by atoms with Gasteiger partial charge in [0, 0.05) is 15.6 Å². The summed E-state index contributed by atoms with van der Waals surface area (Å²) >= 11 is 3.62. The third kappa shape index (κ3) is 2.08. The van der Waals surface area contributed by atoms with Gasteiger partial charge in [0.2, 0.25) is 0 Å². The van der Waals surface area contributed by atoms with Gasteiger partial charge in [-0.2, -0.15) is 22.7 Å². The van der Waals surface area contributed by atoms with Gasteiger partial charge in [0.25, 0.3) is 8.32 Å². The highest BCUT2D eigenvalue weighted by Gasteiger charge is 2.35. The fourth-order valence-corrected chi connectivity index (χ4v) is 7.92. The lowest BCUT2D eigenvalue weighted by atomic mass is 10.7. The van der Waals surface area contributed by atoms with E-state index in [9.17, 15) is 0 Å². The van der Waals surface area contributed by atoms with Gasteiger partial charge in [0.15, 0.2) is 0 Å². The van der Waals surface area contributed by atoms with Crippen molar-refractivity contribution in [1.29, 1.82) is 0 Å². The highest BCUT2D eigenvalue weighted by molar-refractivity contribution is 7.34. The first-order valence-corrected chi connectivity index (χ1v) is 9.16. The molecule has 15 heavy (non-hydrogen) atoms. The van der Waals surface area contributed by atoms with Crippen LogP contribution in [0, 0.1) is 0 Å². The highest BCUT2D eigenvalue weighted by Crippen LogP contribution is 2.13. The maximum absolute atomic E-state index is 6.08. The smallest absolute Gasteiger partial charge is 0.272 e. The molecule has 2 heterocycles. The summed E-state index contributed by atoms with van der Waals surface area (Å²) in [5.74, 6) is 0. The molecule has 0 spiro atoms. The van der Waals surface area contributed by atoms with Crippen molar-refractivity contribution in [2.24, 2.45) is 0 Å². The van der Waals surface area contributed by atoms with Crippen molar-refractivity contribution in [2.75, 3.05) is 6.61 Å². The van der Waals surface area contributed by atoms with Crippen molar-refractivity contribution in [2.45, 2.75) is 13.5 Å². The molecule has 0 aliphatic carbocycles. The second-order valence-corrected chi connectivity index (χ2v) is 9.47. The minimum Gasteiger partial charge on any atom is -0.407 e. The number of hydrogen-bond donors (Lipinski definition) is 0. The fraction of sp³-hybridized carbons (Fsp3) is 0.273. The van der Waals surface area contributed by atoms with Crippen LogP contribution in [-0.4, -0.2) is 14.9 Å². The Morgan fingerprint density at radius 1 is 1.13 bits per heavy atom. The standard InChI is InChI=1S/C11H14OS2Si/c1-3-12-15(2,10-6-4-8-13-10)11-7-5-9-14-11/h4-9H,3H2,1-2H3. The quantitative estimate of drug-likeness (QED) is 0.762. The molecule has 2 aromatic heterocycles. The van der Waals surface area contributed by atoms with Gasteiger partial charge in [-0.25, -0.2) is 0 Å². The first-order valence-electron chi connectivity index (χ1n) is 4.99. The molecule has 1 nitrogen and oxygen atoms in total. The zero-order valence-electron chi connectivity index (χ0n) is 8.90. The Morgan fingerprint density at radius 2 is 1.67 bits per heavy atom. The third-order valence-corrected chi connectivity index (χ3v) is 9.91. The van der Waals surface area contributed by atoms with Gasteiger partial charge in [-0.05, 0) is 36.4 Å². The maximum atomic E-state index is 6.08. The van der Waals surface area contributed by atoms with Gasteiger partial charge < -0.3 is 4.43 Å². The summed E-state index contributed by atoms with van der Waals surface area (Å²) in [5.41, 5.74) is 0. The van der Waals surface area contributed by atoms with Gasteiger partial charge in [-0.15, -0.1) is 0 Å². The molecular weight excluding hydrogens is 240 g/mol. The molecule has 0 amide bonds. The van der Waals surface area contributed by atoms with E-state index in [2.05, 4.69) is 48.5 Å². The molecule has 2 aromatic rings. The maximum Gasteiger partial charge on any atom is 0.272 e. The Kier molecular flexibility index (Phi) is 3.41. The van der Waals surface area contributed by atoms with E-state index in [1.165, 1.54) is 9.00 Å². The molecule has 0 saturated carbocycles. The van der Waals surface area contributed by atoms with E-state index in [1.807, 2.05) is 22.7 Å². The summed E-state index contributed by atoms with van der Waals surface area (Å²) in [6, 6.07) is 8.62. The summed E-state index contributed by atoms with van der Waals surface area (Å²) in [7, 11) is -1.86. The lowest BCUT2D eigenvalue weighted by Gasteiger charge is -2.24. The highest BCUT2D eigenvalue weighted by atomic mass is 32.1. The van der Waals surface area contributed by atoms with Crippen LogP contribution in [0.15, 0.2) is 35.0 Å². The van der Waals surface area contributed by atoms with Crippen LogP contribution in [0.2, 0.25) is 6.55 Å². The Labute approximate surface area is 99.5 Å². The summed E-state index contributed by atoms with van der Waals surface area (Å²) in [6.07, 6.45) is 0. The van der Waals surface area contributed by atoms with Crippen LogP contribution in [0.5, 0.6) is 0 Å². The van der Waals surface area contributed by atoms with Crippen LogP contribution >= 0.6 is 22.7 Å². The van der Waals surface area contributed by atoms with E-state index in [0.717, 1.165) is 6.61 Å². The van der Waals surface area contributed by atoms with Crippen LogP contribution < -0.4 is 9.00 Å². The van der Waals surface area contributed by atoms with Crippen LogP contribution in [0.1, 0.15) is 6.92 Å². The molecule has 4 heteroatoms. The summed E-state index contributed by atoms with van der Waals surface area (Å²) < 4.78 is 8.90. The number of thiophene rings is 2. The molecular formula is C11H14OS2Si. The monoisotopic (exact) mass is 254 g/mol. The van der Waals surface area contributed by atoms with Crippen molar-refractivity contribution < 1.29 is 4.43 Å². The van der Waals surface area contributed by atoms with Gasteiger partial charge in [-0.3, -0.25) is 0 Å². The van der Waals surface area contributed by atoms with E-state index in [4.69, 9.17) is 4.43 Å². The zero-order chi connectivity index (χ0) is 10.7. The van der Waals surface area contributed by atoms with Crippen LogP contribution in [0.25, 0.3) is 0 Å². The fourth-order valence-electron chi connectivity index (χ4n) is 1.65. The molecule has 0 saturated heterocycles. The summed E-state index contributed by atoms with van der Waals surface area (Å²) in [4.78, 5) is 0. The Morgan fingerprint density at radius 3 is 2.00 bits per heavy atom. The topological polar surface area (TPSA) is 9.23 Å². The SMILES string of the molecule is CCO[Si](C)(c1cccs1)c1cccs1. The second kappa shape index (κ2) is 4.61. The Bertz CT molecular complexity index is 360. The molecule has 0 fully saturated rings. The number of hydrogen-bond acceptors (Lipinski definition) is 3. The predicted octanol–water partition coefficient (Wildman–Crippen LogP) is 2.54. The molecule has 80 valence electrons.